The Hall–Kier alpha value is -2.50. The first kappa shape index (κ1) is 44.6. The summed E-state index contributed by atoms with van der Waals surface area (Å²) >= 11 is 0. The Morgan fingerprint density at radius 2 is 0.857 bits per heavy atom. The molecule has 0 radical (unpaired) electrons. The topological polar surface area (TPSA) is 189 Å². The molecule has 1 aliphatic carbocycles. The molecule has 2 heterocycles. The highest BCUT2D eigenvalue weighted by Crippen LogP contribution is 2.51. The average molecular weight is 861 g/mol. The van der Waals surface area contributed by atoms with Crippen molar-refractivity contribution in [1.82, 2.24) is 8.61 Å². The molecule has 3 aliphatic rings. The number of rotatable bonds is 16. The van der Waals surface area contributed by atoms with Gasteiger partial charge in [0.1, 0.15) is 11.4 Å². The third kappa shape index (κ3) is 9.85. The van der Waals surface area contributed by atoms with Crippen molar-refractivity contribution < 1.29 is 53.3 Å². The Bertz CT molecular complexity index is 1980. The van der Waals surface area contributed by atoms with E-state index in [2.05, 4.69) is 10.3 Å². The van der Waals surface area contributed by atoms with Crippen molar-refractivity contribution >= 4 is 47.1 Å². The summed E-state index contributed by atoms with van der Waals surface area (Å²) in [4.78, 5) is -0.165. The lowest BCUT2D eigenvalue weighted by Gasteiger charge is -2.34. The average Bonchev–Trinajstić information content (AvgIpc) is 3.12. The molecule has 20 heteroatoms. The van der Waals surface area contributed by atoms with Gasteiger partial charge in [-0.05, 0) is 88.5 Å². The van der Waals surface area contributed by atoms with Gasteiger partial charge < -0.3 is 0 Å². The number of fused-ring (bicyclic) bond motifs is 2. The second-order valence-corrected chi connectivity index (χ2v) is 21.6. The van der Waals surface area contributed by atoms with Crippen molar-refractivity contribution in [1.29, 1.82) is 0 Å². The number of nitrogens with zero attached hydrogens (tertiary/aromatic N) is 4. The molecule has 5 rings (SSSR count). The van der Waals surface area contributed by atoms with Gasteiger partial charge in [0.15, 0.2) is 0 Å². The minimum atomic E-state index is -4.30. The van der Waals surface area contributed by atoms with Crippen molar-refractivity contribution in [2.75, 3.05) is 52.6 Å². The SMILES string of the molecule is CCOP(=O)(OCC)ON=C1c2ccc(S(=O)(=O)N3C[C@H](C)C[C@H](C)C3)cc2C(=NOP(=O)(OCC)OCC)c2cc(S(=O)(=O)N3C[C@H](C)C[C@H](C)C3)ccc21. The molecular weight excluding hydrogens is 806 g/mol. The van der Waals surface area contributed by atoms with Gasteiger partial charge in [-0.1, -0.05) is 50.1 Å². The second kappa shape index (κ2) is 18.2. The van der Waals surface area contributed by atoms with Crippen LogP contribution in [0.25, 0.3) is 0 Å². The molecule has 56 heavy (non-hydrogen) atoms. The smallest absolute Gasteiger partial charge is 0.291 e. The van der Waals surface area contributed by atoms with Gasteiger partial charge in [0.2, 0.25) is 20.0 Å². The van der Waals surface area contributed by atoms with E-state index in [1.807, 2.05) is 27.7 Å². The number of benzene rings is 2. The van der Waals surface area contributed by atoms with Crippen molar-refractivity contribution in [3.63, 3.8) is 0 Å². The Morgan fingerprint density at radius 1 is 0.554 bits per heavy atom. The van der Waals surface area contributed by atoms with Crippen LogP contribution in [0.5, 0.6) is 0 Å². The van der Waals surface area contributed by atoms with Crippen LogP contribution >= 0.6 is 15.6 Å². The number of piperidine rings is 2. The summed E-state index contributed by atoms with van der Waals surface area (Å²) in [5.74, 6) is 0.512. The Labute approximate surface area is 331 Å². The number of hydrogen-bond acceptors (Lipinski definition) is 14. The standard InChI is InChI=1S/C36H54N4O12P2S2/c1-9-47-53(41,48-10-2)51-37-35-31-15-13-29(55(43,44)39-21-25(5)17-26(6)22-39)19-33(31)36(38-52-54(42,49-11-3)50-12-4)34-20-30(14-16-32(34)35)56(45,46)40-23-27(7)18-28(8)24-40/h13-16,19-20,25-28H,9-12,17-18,21-24H2,1-8H3/t25-,26+,27-,28+. The van der Waals surface area contributed by atoms with E-state index >= 15 is 0 Å². The highest BCUT2D eigenvalue weighted by Gasteiger charge is 2.38. The minimum Gasteiger partial charge on any atom is -0.291 e. The van der Waals surface area contributed by atoms with E-state index in [-0.39, 0.29) is 93.6 Å². The molecular formula is C36H54N4O12P2S2. The molecule has 0 amide bonds. The van der Waals surface area contributed by atoms with Gasteiger partial charge in [0, 0.05) is 48.4 Å². The van der Waals surface area contributed by atoms with Crippen LogP contribution in [0.2, 0.25) is 0 Å². The lowest BCUT2D eigenvalue weighted by Crippen LogP contribution is -2.42. The molecule has 0 N–H and O–H groups in total. The van der Waals surface area contributed by atoms with Gasteiger partial charge in [0.05, 0.1) is 36.2 Å². The van der Waals surface area contributed by atoms with Gasteiger partial charge in [-0.2, -0.15) is 8.61 Å². The molecule has 2 aromatic carbocycles. The molecule has 0 spiro atoms. The number of phosphoric acid groups is 2. The van der Waals surface area contributed by atoms with Crippen LogP contribution < -0.4 is 0 Å². The van der Waals surface area contributed by atoms with Crippen molar-refractivity contribution in [3.8, 4) is 0 Å². The quantitative estimate of drug-likeness (QED) is 0.104. The molecule has 312 valence electrons. The molecule has 2 saturated heterocycles. The largest absolute Gasteiger partial charge is 0.550 e. The van der Waals surface area contributed by atoms with E-state index in [9.17, 15) is 26.0 Å². The molecule has 0 unspecified atom stereocenters. The summed E-state index contributed by atoms with van der Waals surface area (Å²) < 4.78 is 119. The summed E-state index contributed by atoms with van der Waals surface area (Å²) in [5, 5.41) is 8.55. The Balaban J connectivity index is 1.77. The normalized spacial score (nSPS) is 22.6. The maximum Gasteiger partial charge on any atom is 0.550 e. The van der Waals surface area contributed by atoms with Crippen molar-refractivity contribution in [2.24, 2.45) is 34.0 Å². The lowest BCUT2D eigenvalue weighted by molar-refractivity contribution is 0.123. The van der Waals surface area contributed by atoms with E-state index in [0.29, 0.717) is 26.2 Å². The highest BCUT2D eigenvalue weighted by atomic mass is 32.2. The van der Waals surface area contributed by atoms with Gasteiger partial charge >= 0.3 is 15.6 Å². The predicted octanol–water partition coefficient (Wildman–Crippen LogP) is 7.23. The summed E-state index contributed by atoms with van der Waals surface area (Å²) in [6, 6.07) is 8.59. The van der Waals surface area contributed by atoms with Crippen LogP contribution in [-0.4, -0.2) is 89.5 Å². The zero-order valence-corrected chi connectivity index (χ0v) is 36.7. The van der Waals surface area contributed by atoms with Crippen LogP contribution in [0.4, 0.5) is 0 Å². The molecule has 0 bridgehead atoms. The lowest BCUT2D eigenvalue weighted by atomic mass is 9.83. The number of phosphoric ester groups is 2. The number of oxime groups is 2. The van der Waals surface area contributed by atoms with Crippen LogP contribution in [-0.2, 0) is 56.5 Å². The first-order chi connectivity index (χ1) is 26.4. The molecule has 2 aromatic rings. The molecule has 0 aromatic heterocycles. The highest BCUT2D eigenvalue weighted by molar-refractivity contribution is 7.89. The van der Waals surface area contributed by atoms with E-state index in [0.717, 1.165) is 12.8 Å². The third-order valence-corrected chi connectivity index (χ3v) is 16.1. The molecule has 4 atom stereocenters. The number of sulfonamides is 2. The van der Waals surface area contributed by atoms with E-state index in [4.69, 9.17) is 27.3 Å². The van der Waals surface area contributed by atoms with Crippen LogP contribution in [0.3, 0.4) is 0 Å². The van der Waals surface area contributed by atoms with E-state index < -0.39 is 35.7 Å². The van der Waals surface area contributed by atoms with E-state index in [1.165, 1.54) is 45.0 Å². The Morgan fingerprint density at radius 3 is 1.16 bits per heavy atom. The van der Waals surface area contributed by atoms with Gasteiger partial charge in [0.25, 0.3) is 0 Å². The van der Waals surface area contributed by atoms with E-state index in [1.54, 1.807) is 27.7 Å². The van der Waals surface area contributed by atoms with Gasteiger partial charge in [-0.25, -0.2) is 26.0 Å². The van der Waals surface area contributed by atoms with Crippen LogP contribution in [0.15, 0.2) is 56.5 Å². The predicted molar refractivity (Wildman–Crippen MR) is 211 cm³/mol. The van der Waals surface area contributed by atoms with Crippen LogP contribution in [0.1, 0.15) is 90.5 Å². The third-order valence-electron chi connectivity index (χ3n) is 9.56. The summed E-state index contributed by atoms with van der Waals surface area (Å²) in [5.41, 5.74) is 0.666. The van der Waals surface area contributed by atoms with Gasteiger partial charge in [-0.3, -0.25) is 27.3 Å². The second-order valence-electron chi connectivity index (χ2n) is 14.6. The zero-order valence-electron chi connectivity index (χ0n) is 33.2. The maximum absolute atomic E-state index is 14.3. The fourth-order valence-electron chi connectivity index (χ4n) is 7.54. The molecule has 0 saturated carbocycles. The summed E-state index contributed by atoms with van der Waals surface area (Å²) in [7, 11) is -16.7. The van der Waals surface area contributed by atoms with Crippen LogP contribution in [0, 0.1) is 23.7 Å². The minimum absolute atomic E-state index is 0.0208. The fourth-order valence-corrected chi connectivity index (χ4v) is 12.9. The van der Waals surface area contributed by atoms with Crippen molar-refractivity contribution in [2.45, 2.75) is 78.0 Å². The van der Waals surface area contributed by atoms with Gasteiger partial charge in [-0.15, -0.1) is 0 Å². The Kier molecular flexibility index (Phi) is 14.5. The number of hydrogen-bond donors (Lipinski definition) is 0. The first-order valence-corrected chi connectivity index (χ1v) is 24.8. The molecule has 2 fully saturated rings. The first-order valence-electron chi connectivity index (χ1n) is 19.0. The summed E-state index contributed by atoms with van der Waals surface area (Å²) in [6.07, 6.45) is 1.77. The fraction of sp³-hybridized carbons (Fsp3) is 0.611. The maximum atomic E-state index is 14.3. The zero-order chi connectivity index (χ0) is 41.1. The monoisotopic (exact) mass is 860 g/mol. The summed E-state index contributed by atoms with van der Waals surface area (Å²) in [6.45, 7) is 15.6. The molecule has 2 aliphatic heterocycles. The van der Waals surface area contributed by atoms with Crippen molar-refractivity contribution in [3.05, 3.63) is 58.7 Å². The molecule has 16 nitrogen and oxygen atoms in total.